The molecule has 2 atom stereocenters. The number of hydrogen-bond acceptors (Lipinski definition) is 6. The largest absolute Gasteiger partial charge is 0.507 e. The minimum Gasteiger partial charge on any atom is -0.507 e. The molecule has 0 spiro atoms. The molecule has 132 valence electrons. The summed E-state index contributed by atoms with van der Waals surface area (Å²) in [4.78, 5) is 2.31. The van der Waals surface area contributed by atoms with E-state index in [9.17, 15) is 5.11 Å². The van der Waals surface area contributed by atoms with Crippen LogP contribution in [0.1, 0.15) is 0 Å². The van der Waals surface area contributed by atoms with Crippen molar-refractivity contribution in [1.29, 1.82) is 0 Å². The van der Waals surface area contributed by atoms with E-state index in [0.717, 1.165) is 49.5 Å². The number of aromatic nitrogens is 4. The Morgan fingerprint density at radius 2 is 1.88 bits per heavy atom. The Hall–Kier alpha value is -2.93. The molecule has 4 heterocycles. The molecule has 26 heavy (non-hydrogen) atoms. The molecule has 2 N–H and O–H groups in total. The number of benzene rings is 1. The molecule has 7 heteroatoms. The van der Waals surface area contributed by atoms with Gasteiger partial charge in [0, 0.05) is 50.2 Å². The van der Waals surface area contributed by atoms with Crippen molar-refractivity contribution < 1.29 is 5.11 Å². The second-order valence-electron chi connectivity index (χ2n) is 7.01. The Labute approximate surface area is 151 Å². The van der Waals surface area contributed by atoms with Crippen LogP contribution in [0.2, 0.25) is 0 Å². The van der Waals surface area contributed by atoms with Crippen LogP contribution in [0.5, 0.6) is 5.75 Å². The van der Waals surface area contributed by atoms with Crippen LogP contribution in [0.25, 0.3) is 16.9 Å². The maximum absolute atomic E-state index is 10.4. The van der Waals surface area contributed by atoms with Crippen LogP contribution in [-0.4, -0.2) is 51.3 Å². The minimum absolute atomic E-state index is 0.168. The van der Waals surface area contributed by atoms with Gasteiger partial charge < -0.3 is 15.3 Å². The van der Waals surface area contributed by atoms with Crippen molar-refractivity contribution >= 4 is 5.82 Å². The maximum atomic E-state index is 10.4. The number of rotatable bonds is 3. The van der Waals surface area contributed by atoms with Gasteiger partial charge in [0.1, 0.15) is 5.75 Å². The van der Waals surface area contributed by atoms with Gasteiger partial charge in [0.05, 0.1) is 11.4 Å². The minimum atomic E-state index is 0.168. The van der Waals surface area contributed by atoms with Crippen molar-refractivity contribution in [3.05, 3.63) is 48.8 Å². The van der Waals surface area contributed by atoms with Crippen LogP contribution in [0.3, 0.4) is 0 Å². The van der Waals surface area contributed by atoms with Gasteiger partial charge in [-0.15, -0.1) is 10.2 Å². The third-order valence-corrected chi connectivity index (χ3v) is 5.39. The molecule has 0 saturated carbocycles. The van der Waals surface area contributed by atoms with Crippen LogP contribution in [0.15, 0.2) is 48.8 Å². The maximum Gasteiger partial charge on any atom is 0.151 e. The first-order chi connectivity index (χ1) is 12.8. The number of fused-ring (bicyclic) bond motifs is 1. The lowest BCUT2D eigenvalue weighted by atomic mass is 10.0. The van der Waals surface area contributed by atoms with E-state index in [1.165, 1.54) is 0 Å². The molecule has 2 saturated heterocycles. The quantitative estimate of drug-likeness (QED) is 0.750. The summed E-state index contributed by atoms with van der Waals surface area (Å²) in [5.41, 5.74) is 2.14. The number of nitrogens with zero attached hydrogens (tertiary/aromatic N) is 5. The van der Waals surface area contributed by atoms with Gasteiger partial charge in [0.15, 0.2) is 5.82 Å². The molecule has 3 aromatic rings. The van der Waals surface area contributed by atoms with E-state index in [4.69, 9.17) is 0 Å². The van der Waals surface area contributed by atoms with Crippen LogP contribution in [0, 0.1) is 11.8 Å². The molecule has 1 aromatic carbocycles. The van der Waals surface area contributed by atoms with Gasteiger partial charge in [-0.3, -0.25) is 0 Å². The van der Waals surface area contributed by atoms with E-state index in [-0.39, 0.29) is 5.75 Å². The van der Waals surface area contributed by atoms with Gasteiger partial charge in [-0.2, -0.15) is 5.10 Å². The SMILES string of the molecule is Oc1cc(-n2cccn2)ccc1-c1ccc(N2C[C@H]3CNC[C@@H]3C2)nn1. The molecular weight excluding hydrogens is 328 g/mol. The summed E-state index contributed by atoms with van der Waals surface area (Å²) >= 11 is 0. The summed E-state index contributed by atoms with van der Waals surface area (Å²) < 4.78 is 1.71. The fourth-order valence-electron chi connectivity index (χ4n) is 3.98. The van der Waals surface area contributed by atoms with E-state index in [0.29, 0.717) is 11.3 Å². The van der Waals surface area contributed by atoms with Crippen molar-refractivity contribution in [3.8, 4) is 22.7 Å². The van der Waals surface area contributed by atoms with Crippen molar-refractivity contribution in [2.24, 2.45) is 11.8 Å². The zero-order valence-corrected chi connectivity index (χ0v) is 14.3. The molecule has 2 aromatic heterocycles. The number of phenols is 1. The van der Waals surface area contributed by atoms with Gasteiger partial charge in [-0.25, -0.2) is 4.68 Å². The predicted octanol–water partition coefficient (Wildman–Crippen LogP) is 1.69. The molecule has 0 unspecified atom stereocenters. The van der Waals surface area contributed by atoms with Crippen LogP contribution in [-0.2, 0) is 0 Å². The zero-order valence-electron chi connectivity index (χ0n) is 14.3. The van der Waals surface area contributed by atoms with Gasteiger partial charge in [0.25, 0.3) is 0 Å². The molecule has 2 aliphatic heterocycles. The summed E-state index contributed by atoms with van der Waals surface area (Å²) in [7, 11) is 0. The highest BCUT2D eigenvalue weighted by Crippen LogP contribution is 2.32. The first kappa shape index (κ1) is 15.3. The Bertz CT molecular complexity index is 896. The lowest BCUT2D eigenvalue weighted by molar-refractivity contribution is 0.476. The number of nitrogens with one attached hydrogen (secondary N) is 1. The summed E-state index contributed by atoms with van der Waals surface area (Å²) in [6, 6.07) is 11.2. The van der Waals surface area contributed by atoms with Gasteiger partial charge in [-0.05, 0) is 42.2 Å². The van der Waals surface area contributed by atoms with Crippen molar-refractivity contribution in [3.63, 3.8) is 0 Å². The summed E-state index contributed by atoms with van der Waals surface area (Å²) in [6.07, 6.45) is 3.54. The third kappa shape index (κ3) is 2.61. The topological polar surface area (TPSA) is 79.1 Å². The number of anilines is 1. The van der Waals surface area contributed by atoms with Gasteiger partial charge in [-0.1, -0.05) is 0 Å². The highest BCUT2D eigenvalue weighted by atomic mass is 16.3. The van der Waals surface area contributed by atoms with Gasteiger partial charge >= 0.3 is 0 Å². The van der Waals surface area contributed by atoms with Gasteiger partial charge in [0.2, 0.25) is 0 Å². The zero-order chi connectivity index (χ0) is 17.5. The second kappa shape index (κ2) is 6.10. The smallest absolute Gasteiger partial charge is 0.151 e. The molecule has 0 bridgehead atoms. The number of aromatic hydroxyl groups is 1. The van der Waals surface area contributed by atoms with E-state index >= 15 is 0 Å². The van der Waals surface area contributed by atoms with Crippen molar-refractivity contribution in [2.45, 2.75) is 0 Å². The average molecular weight is 348 g/mol. The van der Waals surface area contributed by atoms with E-state index in [2.05, 4.69) is 25.5 Å². The first-order valence-corrected chi connectivity index (χ1v) is 8.91. The van der Waals surface area contributed by atoms with E-state index in [1.807, 2.05) is 36.5 Å². The fourth-order valence-corrected chi connectivity index (χ4v) is 3.98. The molecule has 0 aliphatic carbocycles. The Morgan fingerprint density at radius 3 is 2.54 bits per heavy atom. The molecule has 0 radical (unpaired) electrons. The fraction of sp³-hybridized carbons (Fsp3) is 0.316. The second-order valence-corrected chi connectivity index (χ2v) is 7.01. The Morgan fingerprint density at radius 1 is 1.04 bits per heavy atom. The predicted molar refractivity (Wildman–Crippen MR) is 98.3 cm³/mol. The Balaban J connectivity index is 1.37. The standard InChI is InChI=1S/C19H20N6O/c26-18-8-15(25-7-1-6-21-25)2-3-16(18)17-4-5-19(23-22-17)24-11-13-9-20-10-14(13)12-24/h1-8,13-14,20,26H,9-12H2/t13-,14-/m1/s1. The molecule has 2 aliphatic rings. The first-order valence-electron chi connectivity index (χ1n) is 8.91. The summed E-state index contributed by atoms with van der Waals surface area (Å²) in [6.45, 7) is 4.28. The lowest BCUT2D eigenvalue weighted by Crippen LogP contribution is -2.26. The number of hydrogen-bond donors (Lipinski definition) is 2. The van der Waals surface area contributed by atoms with E-state index in [1.54, 1.807) is 16.9 Å². The van der Waals surface area contributed by atoms with Crippen LogP contribution in [0.4, 0.5) is 5.82 Å². The summed E-state index contributed by atoms with van der Waals surface area (Å²) in [5.74, 6) is 2.52. The highest BCUT2D eigenvalue weighted by molar-refractivity contribution is 5.69. The monoisotopic (exact) mass is 348 g/mol. The molecular formula is C19H20N6O. The molecule has 2 fully saturated rings. The van der Waals surface area contributed by atoms with Crippen molar-refractivity contribution in [1.82, 2.24) is 25.3 Å². The Kier molecular flexibility index (Phi) is 3.60. The molecule has 0 amide bonds. The van der Waals surface area contributed by atoms with Crippen molar-refractivity contribution in [2.75, 3.05) is 31.1 Å². The van der Waals surface area contributed by atoms with Crippen LogP contribution >= 0.6 is 0 Å². The van der Waals surface area contributed by atoms with E-state index < -0.39 is 0 Å². The highest BCUT2D eigenvalue weighted by Gasteiger charge is 2.36. The van der Waals surface area contributed by atoms with Crippen LogP contribution < -0.4 is 10.2 Å². The number of phenolic OH excluding ortho intramolecular Hbond substituents is 1. The molecule has 5 rings (SSSR count). The average Bonchev–Trinajstić information content (AvgIpc) is 3.39. The summed E-state index contributed by atoms with van der Waals surface area (Å²) in [5, 5.41) is 26.8. The third-order valence-electron chi connectivity index (χ3n) is 5.39. The molecule has 7 nitrogen and oxygen atoms in total. The normalized spacial score (nSPS) is 21.9. The lowest BCUT2D eigenvalue weighted by Gasteiger charge is -2.18.